The number of hydrogen-bond donors (Lipinski definition) is 1. The SMILES string of the molecule is C=CCOc1c(Br)cc(CNCCCOC)cc1OC. The minimum atomic E-state index is 0.448. The molecule has 0 saturated heterocycles. The van der Waals surface area contributed by atoms with Crippen molar-refractivity contribution in [1.29, 1.82) is 0 Å². The van der Waals surface area contributed by atoms with E-state index in [0.29, 0.717) is 12.4 Å². The summed E-state index contributed by atoms with van der Waals surface area (Å²) in [5, 5.41) is 3.36. The van der Waals surface area contributed by atoms with Crippen molar-refractivity contribution in [1.82, 2.24) is 5.32 Å². The van der Waals surface area contributed by atoms with Gasteiger partial charge in [-0.05, 0) is 46.6 Å². The molecule has 0 radical (unpaired) electrons. The second-order valence-corrected chi connectivity index (χ2v) is 5.09. The summed E-state index contributed by atoms with van der Waals surface area (Å²) in [5.41, 5.74) is 1.14. The van der Waals surface area contributed by atoms with Crippen molar-refractivity contribution in [2.24, 2.45) is 0 Å². The van der Waals surface area contributed by atoms with Crippen LogP contribution in [0.5, 0.6) is 11.5 Å². The summed E-state index contributed by atoms with van der Waals surface area (Å²) < 4.78 is 16.9. The molecule has 0 aliphatic carbocycles. The van der Waals surface area contributed by atoms with Crippen LogP contribution in [0.15, 0.2) is 29.3 Å². The summed E-state index contributed by atoms with van der Waals surface area (Å²) in [6.45, 7) is 6.56. The van der Waals surface area contributed by atoms with Gasteiger partial charge in [-0.3, -0.25) is 0 Å². The molecule has 0 bridgehead atoms. The van der Waals surface area contributed by atoms with E-state index in [1.165, 1.54) is 0 Å². The Morgan fingerprint density at radius 1 is 1.35 bits per heavy atom. The summed E-state index contributed by atoms with van der Waals surface area (Å²) in [6, 6.07) is 4.01. The Labute approximate surface area is 129 Å². The van der Waals surface area contributed by atoms with Gasteiger partial charge in [-0.25, -0.2) is 0 Å². The average molecular weight is 344 g/mol. The predicted molar refractivity (Wildman–Crippen MR) is 84.6 cm³/mol. The fraction of sp³-hybridized carbons (Fsp3) is 0.467. The molecule has 0 amide bonds. The fourth-order valence-corrected chi connectivity index (χ4v) is 2.34. The number of halogens is 1. The molecule has 0 saturated carbocycles. The molecule has 1 aromatic rings. The van der Waals surface area contributed by atoms with Crippen LogP contribution in [0.1, 0.15) is 12.0 Å². The molecule has 0 aromatic heterocycles. The van der Waals surface area contributed by atoms with Crippen LogP contribution in [0.25, 0.3) is 0 Å². The van der Waals surface area contributed by atoms with Crippen molar-refractivity contribution in [3.8, 4) is 11.5 Å². The molecule has 0 heterocycles. The van der Waals surface area contributed by atoms with Gasteiger partial charge in [0.15, 0.2) is 11.5 Å². The summed E-state index contributed by atoms with van der Waals surface area (Å²) in [4.78, 5) is 0. The Morgan fingerprint density at radius 3 is 2.80 bits per heavy atom. The van der Waals surface area contributed by atoms with E-state index < -0.39 is 0 Å². The van der Waals surface area contributed by atoms with Crippen molar-refractivity contribution < 1.29 is 14.2 Å². The zero-order valence-electron chi connectivity index (χ0n) is 12.1. The number of rotatable bonds is 10. The van der Waals surface area contributed by atoms with Crippen molar-refractivity contribution in [2.45, 2.75) is 13.0 Å². The topological polar surface area (TPSA) is 39.7 Å². The minimum absolute atomic E-state index is 0.448. The van der Waals surface area contributed by atoms with Crippen LogP contribution in [0.2, 0.25) is 0 Å². The highest BCUT2D eigenvalue weighted by atomic mass is 79.9. The van der Waals surface area contributed by atoms with Crippen LogP contribution in [0.3, 0.4) is 0 Å². The first kappa shape index (κ1) is 17.0. The lowest BCUT2D eigenvalue weighted by atomic mass is 10.2. The lowest BCUT2D eigenvalue weighted by Crippen LogP contribution is -2.16. The second-order valence-electron chi connectivity index (χ2n) is 4.23. The number of nitrogens with one attached hydrogen (secondary N) is 1. The Kier molecular flexibility index (Phi) is 8.34. The van der Waals surface area contributed by atoms with Gasteiger partial charge in [0, 0.05) is 20.3 Å². The van der Waals surface area contributed by atoms with Crippen LogP contribution in [-0.2, 0) is 11.3 Å². The summed E-state index contributed by atoms with van der Waals surface area (Å²) >= 11 is 3.52. The number of ether oxygens (including phenoxy) is 3. The van der Waals surface area contributed by atoms with Crippen molar-refractivity contribution in [3.63, 3.8) is 0 Å². The van der Waals surface area contributed by atoms with Gasteiger partial charge in [0.05, 0.1) is 11.6 Å². The third-order valence-electron chi connectivity index (χ3n) is 2.67. The smallest absolute Gasteiger partial charge is 0.175 e. The van der Waals surface area contributed by atoms with Gasteiger partial charge in [-0.15, -0.1) is 0 Å². The Bertz CT molecular complexity index is 424. The first-order chi connectivity index (χ1) is 9.72. The van der Waals surface area contributed by atoms with Crippen LogP contribution < -0.4 is 14.8 Å². The Balaban J connectivity index is 2.64. The van der Waals surface area contributed by atoms with E-state index in [4.69, 9.17) is 14.2 Å². The monoisotopic (exact) mass is 343 g/mol. The van der Waals surface area contributed by atoms with Gasteiger partial charge in [-0.2, -0.15) is 0 Å². The molecule has 20 heavy (non-hydrogen) atoms. The summed E-state index contributed by atoms with van der Waals surface area (Å²) in [5.74, 6) is 1.42. The molecule has 1 N–H and O–H groups in total. The molecule has 112 valence electrons. The van der Waals surface area contributed by atoms with Crippen molar-refractivity contribution in [3.05, 3.63) is 34.8 Å². The first-order valence-corrected chi connectivity index (χ1v) is 7.32. The highest BCUT2D eigenvalue weighted by Crippen LogP contribution is 2.36. The molecule has 0 fully saturated rings. The van der Waals surface area contributed by atoms with Gasteiger partial charge >= 0.3 is 0 Å². The van der Waals surface area contributed by atoms with Crippen molar-refractivity contribution in [2.75, 3.05) is 34.0 Å². The molecule has 0 aliphatic rings. The van der Waals surface area contributed by atoms with E-state index in [-0.39, 0.29) is 0 Å². The largest absolute Gasteiger partial charge is 0.493 e. The van der Waals surface area contributed by atoms with Crippen LogP contribution in [-0.4, -0.2) is 34.0 Å². The number of hydrogen-bond acceptors (Lipinski definition) is 4. The highest BCUT2D eigenvalue weighted by molar-refractivity contribution is 9.10. The molecular weight excluding hydrogens is 322 g/mol. The van der Waals surface area contributed by atoms with Gasteiger partial charge in [0.2, 0.25) is 0 Å². The molecule has 0 spiro atoms. The first-order valence-electron chi connectivity index (χ1n) is 6.52. The summed E-state index contributed by atoms with van der Waals surface area (Å²) in [6.07, 6.45) is 2.70. The third kappa shape index (κ3) is 5.53. The molecule has 0 aliphatic heterocycles. The molecule has 0 unspecified atom stereocenters. The Hall–Kier alpha value is -1.04. The highest BCUT2D eigenvalue weighted by Gasteiger charge is 2.11. The molecule has 5 heteroatoms. The van der Waals surface area contributed by atoms with Crippen molar-refractivity contribution >= 4 is 15.9 Å². The van der Waals surface area contributed by atoms with E-state index in [1.807, 2.05) is 12.1 Å². The Morgan fingerprint density at radius 2 is 2.15 bits per heavy atom. The van der Waals surface area contributed by atoms with Gasteiger partial charge < -0.3 is 19.5 Å². The predicted octanol–water partition coefficient (Wildman–Crippen LogP) is 3.15. The molecule has 1 rings (SSSR count). The quantitative estimate of drug-likeness (QED) is 0.523. The van der Waals surface area contributed by atoms with E-state index in [2.05, 4.69) is 27.8 Å². The second kappa shape index (κ2) is 9.80. The fourth-order valence-electron chi connectivity index (χ4n) is 1.73. The van der Waals surface area contributed by atoms with Gasteiger partial charge in [-0.1, -0.05) is 12.7 Å². The van der Waals surface area contributed by atoms with E-state index in [9.17, 15) is 0 Å². The van der Waals surface area contributed by atoms with Gasteiger partial charge in [0.1, 0.15) is 6.61 Å². The lowest BCUT2D eigenvalue weighted by molar-refractivity contribution is 0.194. The normalized spacial score (nSPS) is 10.3. The van der Waals surface area contributed by atoms with E-state index >= 15 is 0 Å². The number of methoxy groups -OCH3 is 2. The van der Waals surface area contributed by atoms with Gasteiger partial charge in [0.25, 0.3) is 0 Å². The maximum Gasteiger partial charge on any atom is 0.175 e. The average Bonchev–Trinajstić information content (AvgIpc) is 2.45. The summed E-state index contributed by atoms with van der Waals surface area (Å²) in [7, 11) is 3.35. The van der Waals surface area contributed by atoms with E-state index in [0.717, 1.165) is 41.9 Å². The zero-order chi connectivity index (χ0) is 14.8. The zero-order valence-corrected chi connectivity index (χ0v) is 13.7. The maximum absolute atomic E-state index is 5.59. The molecule has 0 atom stereocenters. The standard InChI is InChI=1S/C15H22BrNO3/c1-4-7-20-15-13(16)9-12(10-14(15)19-3)11-17-6-5-8-18-2/h4,9-10,17H,1,5-8,11H2,2-3H3. The molecule has 4 nitrogen and oxygen atoms in total. The maximum atomic E-state index is 5.59. The minimum Gasteiger partial charge on any atom is -0.493 e. The lowest BCUT2D eigenvalue weighted by Gasteiger charge is -2.14. The van der Waals surface area contributed by atoms with Crippen LogP contribution >= 0.6 is 15.9 Å². The molecular formula is C15H22BrNO3. The number of benzene rings is 1. The van der Waals surface area contributed by atoms with Crippen LogP contribution in [0, 0.1) is 0 Å². The van der Waals surface area contributed by atoms with Crippen LogP contribution in [0.4, 0.5) is 0 Å². The third-order valence-corrected chi connectivity index (χ3v) is 3.25. The molecule has 1 aromatic carbocycles. The van der Waals surface area contributed by atoms with E-state index in [1.54, 1.807) is 20.3 Å².